The van der Waals surface area contributed by atoms with E-state index in [1.165, 1.54) is 18.2 Å². The third-order valence-corrected chi connectivity index (χ3v) is 3.59. The zero-order valence-corrected chi connectivity index (χ0v) is 13.4. The van der Waals surface area contributed by atoms with Crippen molar-refractivity contribution in [2.24, 2.45) is 11.7 Å². The van der Waals surface area contributed by atoms with Crippen LogP contribution < -0.4 is 15.8 Å². The molecule has 1 atom stereocenters. The Balaban J connectivity index is 2.79. The fourth-order valence-electron chi connectivity index (χ4n) is 1.59. The summed E-state index contributed by atoms with van der Waals surface area (Å²) in [5.41, 5.74) is 4.36. The van der Waals surface area contributed by atoms with Gasteiger partial charge in [0.15, 0.2) is 6.61 Å². The van der Waals surface area contributed by atoms with E-state index in [9.17, 15) is 9.59 Å². The smallest absolute Gasteiger partial charge is 0.259 e. The van der Waals surface area contributed by atoms with Crippen LogP contribution in [0.5, 0.6) is 5.75 Å². The molecule has 118 valence electrons. The zero-order chi connectivity index (χ0) is 16.9. The number of benzene rings is 1. The molecule has 6 nitrogen and oxygen atoms in total. The summed E-state index contributed by atoms with van der Waals surface area (Å²) in [6.45, 7) is 4.92. The van der Waals surface area contributed by atoms with Gasteiger partial charge in [-0.05, 0) is 31.0 Å². The molecule has 0 radical (unpaired) electrons. The lowest BCUT2D eigenvalue weighted by Gasteiger charge is -2.27. The number of amides is 2. The average Bonchev–Trinajstić information content (AvgIpc) is 2.44. The van der Waals surface area contributed by atoms with Gasteiger partial charge in [0.2, 0.25) is 0 Å². The number of primary amides is 1. The lowest BCUT2D eigenvalue weighted by atomic mass is 9.90. The third-order valence-electron chi connectivity index (χ3n) is 3.35. The fourth-order valence-corrected chi connectivity index (χ4v) is 1.75. The van der Waals surface area contributed by atoms with Gasteiger partial charge in [0.25, 0.3) is 11.8 Å². The highest BCUT2D eigenvalue weighted by Crippen LogP contribution is 2.23. The van der Waals surface area contributed by atoms with Gasteiger partial charge in [-0.2, -0.15) is 5.26 Å². The van der Waals surface area contributed by atoms with Crippen LogP contribution in [0.25, 0.3) is 0 Å². The number of ether oxygens (including phenoxy) is 1. The molecule has 0 heterocycles. The number of nitrogens with one attached hydrogen (secondary N) is 1. The van der Waals surface area contributed by atoms with Crippen LogP contribution in [0.4, 0.5) is 0 Å². The van der Waals surface area contributed by atoms with Gasteiger partial charge in [-0.3, -0.25) is 9.59 Å². The molecule has 1 rings (SSSR count). The highest BCUT2D eigenvalue weighted by molar-refractivity contribution is 6.30. The minimum atomic E-state index is -0.999. The SMILES string of the molecule is CC(C)C(C)(C#N)NC(=O)COc1cc(Cl)ccc1C(N)=O. The molecule has 0 spiro atoms. The molecule has 0 fully saturated rings. The largest absolute Gasteiger partial charge is 0.483 e. The fraction of sp³-hybridized carbons (Fsp3) is 0.400. The Bertz CT molecular complexity index is 625. The molecule has 0 saturated carbocycles. The van der Waals surface area contributed by atoms with Crippen LogP contribution in [-0.2, 0) is 4.79 Å². The van der Waals surface area contributed by atoms with Crippen molar-refractivity contribution in [1.82, 2.24) is 5.32 Å². The maximum absolute atomic E-state index is 11.9. The third kappa shape index (κ3) is 4.37. The summed E-state index contributed by atoms with van der Waals surface area (Å²) in [6.07, 6.45) is 0. The highest BCUT2D eigenvalue weighted by Gasteiger charge is 2.30. The molecule has 1 aromatic carbocycles. The predicted octanol–water partition coefficient (Wildman–Crippen LogP) is 1.87. The van der Waals surface area contributed by atoms with Crippen LogP contribution in [0.1, 0.15) is 31.1 Å². The van der Waals surface area contributed by atoms with Crippen LogP contribution in [0.15, 0.2) is 18.2 Å². The first-order valence-electron chi connectivity index (χ1n) is 6.64. The second-order valence-corrected chi connectivity index (χ2v) is 5.75. The van der Waals surface area contributed by atoms with Crippen LogP contribution >= 0.6 is 11.6 Å². The summed E-state index contributed by atoms with van der Waals surface area (Å²) in [5, 5.41) is 12.1. The zero-order valence-electron chi connectivity index (χ0n) is 12.6. The van der Waals surface area contributed by atoms with Gasteiger partial charge >= 0.3 is 0 Å². The number of nitrogens with zero attached hydrogens (tertiary/aromatic N) is 1. The normalized spacial score (nSPS) is 13.1. The predicted molar refractivity (Wildman–Crippen MR) is 82.5 cm³/mol. The Hall–Kier alpha value is -2.26. The quantitative estimate of drug-likeness (QED) is 0.833. The van der Waals surface area contributed by atoms with E-state index in [-0.39, 0.29) is 23.8 Å². The maximum Gasteiger partial charge on any atom is 0.259 e. The summed E-state index contributed by atoms with van der Waals surface area (Å²) < 4.78 is 5.30. The molecular weight excluding hydrogens is 306 g/mol. The molecule has 0 aliphatic heterocycles. The standard InChI is InChI=1S/C15H18ClN3O3/c1-9(2)15(3,8-17)19-13(20)7-22-12-6-10(16)4-5-11(12)14(18)21/h4-6,9H,7H2,1-3H3,(H2,18,21)(H,19,20). The van der Waals surface area contributed by atoms with Crippen LogP contribution in [0, 0.1) is 17.2 Å². The summed E-state index contributed by atoms with van der Waals surface area (Å²) in [4.78, 5) is 23.2. The van der Waals surface area contributed by atoms with Crippen LogP contribution in [0.3, 0.4) is 0 Å². The number of nitriles is 1. The van der Waals surface area contributed by atoms with E-state index < -0.39 is 17.4 Å². The Labute approximate surface area is 134 Å². The van der Waals surface area contributed by atoms with E-state index in [1.54, 1.807) is 6.92 Å². The molecule has 0 aliphatic rings. The molecule has 22 heavy (non-hydrogen) atoms. The lowest BCUT2D eigenvalue weighted by Crippen LogP contribution is -2.50. The van der Waals surface area contributed by atoms with Gasteiger partial charge in [0.05, 0.1) is 11.6 Å². The van der Waals surface area contributed by atoms with E-state index in [2.05, 4.69) is 11.4 Å². The molecule has 7 heteroatoms. The Morgan fingerprint density at radius 1 is 1.50 bits per heavy atom. The van der Waals surface area contributed by atoms with E-state index in [0.717, 1.165) is 0 Å². The van der Waals surface area contributed by atoms with Gasteiger partial charge in [0, 0.05) is 5.02 Å². The number of hydrogen-bond donors (Lipinski definition) is 2. The van der Waals surface area contributed by atoms with Crippen molar-refractivity contribution in [3.63, 3.8) is 0 Å². The topological polar surface area (TPSA) is 105 Å². The van der Waals surface area contributed by atoms with E-state index >= 15 is 0 Å². The molecule has 1 aromatic rings. The second-order valence-electron chi connectivity index (χ2n) is 5.31. The van der Waals surface area contributed by atoms with Gasteiger partial charge in [-0.15, -0.1) is 0 Å². The monoisotopic (exact) mass is 323 g/mol. The molecular formula is C15H18ClN3O3. The Morgan fingerprint density at radius 3 is 2.64 bits per heavy atom. The Morgan fingerprint density at radius 2 is 2.14 bits per heavy atom. The molecule has 0 aliphatic carbocycles. The van der Waals surface area contributed by atoms with Crippen molar-refractivity contribution in [2.45, 2.75) is 26.3 Å². The first-order valence-corrected chi connectivity index (χ1v) is 7.02. The van der Waals surface area contributed by atoms with Crippen molar-refractivity contribution in [3.05, 3.63) is 28.8 Å². The number of rotatable bonds is 6. The number of carbonyl (C=O) groups excluding carboxylic acids is 2. The summed E-state index contributed by atoms with van der Waals surface area (Å²) >= 11 is 5.83. The summed E-state index contributed by atoms with van der Waals surface area (Å²) in [5.74, 6) is -1.11. The first kappa shape index (κ1) is 17.8. The second kappa shape index (κ2) is 7.14. The molecule has 0 bridgehead atoms. The minimum absolute atomic E-state index is 0.0752. The van der Waals surface area contributed by atoms with E-state index in [1.807, 2.05) is 13.8 Å². The number of carbonyl (C=O) groups is 2. The Kier molecular flexibility index (Phi) is 5.77. The van der Waals surface area contributed by atoms with Gasteiger partial charge in [-0.25, -0.2) is 0 Å². The number of hydrogen-bond acceptors (Lipinski definition) is 4. The molecule has 1 unspecified atom stereocenters. The van der Waals surface area contributed by atoms with Crippen molar-refractivity contribution in [2.75, 3.05) is 6.61 Å². The maximum atomic E-state index is 11.9. The number of nitrogens with two attached hydrogens (primary N) is 1. The van der Waals surface area contributed by atoms with Gasteiger partial charge in [0.1, 0.15) is 11.3 Å². The molecule has 3 N–H and O–H groups in total. The van der Waals surface area contributed by atoms with Gasteiger partial charge < -0.3 is 15.8 Å². The first-order chi connectivity index (χ1) is 10.2. The number of halogens is 1. The van der Waals surface area contributed by atoms with Crippen molar-refractivity contribution < 1.29 is 14.3 Å². The summed E-state index contributed by atoms with van der Waals surface area (Å²) in [6, 6.07) is 6.39. The van der Waals surface area contributed by atoms with E-state index in [0.29, 0.717) is 5.02 Å². The van der Waals surface area contributed by atoms with E-state index in [4.69, 9.17) is 27.3 Å². The summed E-state index contributed by atoms with van der Waals surface area (Å²) in [7, 11) is 0. The molecule has 2 amide bonds. The van der Waals surface area contributed by atoms with Gasteiger partial charge in [-0.1, -0.05) is 25.4 Å². The lowest BCUT2D eigenvalue weighted by molar-refractivity contribution is -0.124. The van der Waals surface area contributed by atoms with Crippen LogP contribution in [-0.4, -0.2) is 24.0 Å². The van der Waals surface area contributed by atoms with Crippen LogP contribution in [0.2, 0.25) is 5.02 Å². The van der Waals surface area contributed by atoms with Crippen molar-refractivity contribution in [1.29, 1.82) is 5.26 Å². The van der Waals surface area contributed by atoms with Crippen molar-refractivity contribution in [3.8, 4) is 11.8 Å². The average molecular weight is 324 g/mol. The van der Waals surface area contributed by atoms with Crippen molar-refractivity contribution >= 4 is 23.4 Å². The highest BCUT2D eigenvalue weighted by atomic mass is 35.5. The minimum Gasteiger partial charge on any atom is -0.483 e. The molecule has 0 saturated heterocycles. The molecule has 0 aromatic heterocycles.